The Morgan fingerprint density at radius 2 is 1.95 bits per heavy atom. The van der Waals surface area contributed by atoms with E-state index in [0.717, 1.165) is 19.6 Å². The van der Waals surface area contributed by atoms with Crippen molar-refractivity contribution in [3.8, 4) is 0 Å². The van der Waals surface area contributed by atoms with Gasteiger partial charge in [0.05, 0.1) is 12.7 Å². The van der Waals surface area contributed by atoms with Crippen molar-refractivity contribution in [2.45, 2.75) is 45.4 Å². The van der Waals surface area contributed by atoms with Crippen LogP contribution in [-0.2, 0) is 16.1 Å². The lowest BCUT2D eigenvalue weighted by molar-refractivity contribution is 0.0889. The quantitative estimate of drug-likeness (QED) is 0.896. The molecule has 3 heteroatoms. The van der Waals surface area contributed by atoms with E-state index in [2.05, 4.69) is 50.4 Å². The third-order valence-electron chi connectivity index (χ3n) is 3.73. The molecule has 0 spiro atoms. The predicted octanol–water partition coefficient (Wildman–Crippen LogP) is 3.30. The third kappa shape index (κ3) is 4.30. The first-order valence-corrected chi connectivity index (χ1v) is 7.44. The number of nitrogens with one attached hydrogen (secondary N) is 1. The van der Waals surface area contributed by atoms with Gasteiger partial charge in [0, 0.05) is 31.7 Å². The van der Waals surface area contributed by atoms with Crippen LogP contribution in [0.1, 0.15) is 44.4 Å². The maximum atomic E-state index is 5.95. The third-order valence-corrected chi connectivity index (χ3v) is 3.73. The van der Waals surface area contributed by atoms with Crippen molar-refractivity contribution >= 4 is 0 Å². The number of hydrogen-bond acceptors (Lipinski definition) is 3. The summed E-state index contributed by atoms with van der Waals surface area (Å²) in [7, 11) is 1.72. The zero-order valence-electron chi connectivity index (χ0n) is 13.1. The molecule has 1 heterocycles. The topological polar surface area (TPSA) is 30.5 Å². The second-order valence-electron chi connectivity index (χ2n) is 6.65. The zero-order valence-corrected chi connectivity index (χ0v) is 13.1. The predicted molar refractivity (Wildman–Crippen MR) is 81.7 cm³/mol. The average Bonchev–Trinajstić information content (AvgIpc) is 2.85. The Balaban J connectivity index is 1.99. The first-order chi connectivity index (χ1) is 9.49. The van der Waals surface area contributed by atoms with E-state index in [1.165, 1.54) is 11.1 Å². The normalized spacial score (nSPS) is 23.2. The number of rotatable bonds is 5. The smallest absolute Gasteiger partial charge is 0.0866 e. The molecule has 2 unspecified atom stereocenters. The molecule has 2 rings (SSSR count). The number of ether oxygens (including phenoxy) is 2. The second kappa shape index (κ2) is 6.70. The van der Waals surface area contributed by atoms with Gasteiger partial charge in [0.2, 0.25) is 0 Å². The van der Waals surface area contributed by atoms with Crippen molar-refractivity contribution in [3.63, 3.8) is 0 Å². The van der Waals surface area contributed by atoms with E-state index in [1.807, 2.05) is 0 Å². The first kappa shape index (κ1) is 15.5. The molecule has 1 aromatic rings. The Labute approximate surface area is 122 Å². The van der Waals surface area contributed by atoms with Crippen LogP contribution in [0.25, 0.3) is 0 Å². The Morgan fingerprint density at radius 1 is 1.25 bits per heavy atom. The Morgan fingerprint density at radius 3 is 2.55 bits per heavy atom. The van der Waals surface area contributed by atoms with Gasteiger partial charge < -0.3 is 14.8 Å². The van der Waals surface area contributed by atoms with Crippen LogP contribution in [0.15, 0.2) is 24.3 Å². The summed E-state index contributed by atoms with van der Waals surface area (Å²) in [6.07, 6.45) is 1.36. The van der Waals surface area contributed by atoms with Crippen molar-refractivity contribution in [3.05, 3.63) is 35.4 Å². The summed E-state index contributed by atoms with van der Waals surface area (Å²) < 4.78 is 11.1. The average molecular weight is 277 g/mol. The number of methoxy groups -OCH3 is 1. The minimum Gasteiger partial charge on any atom is -0.380 e. The molecule has 0 bridgehead atoms. The van der Waals surface area contributed by atoms with E-state index in [9.17, 15) is 0 Å². The second-order valence-corrected chi connectivity index (χ2v) is 6.65. The Kier molecular flexibility index (Phi) is 5.19. The highest BCUT2D eigenvalue weighted by molar-refractivity contribution is 5.25. The molecule has 1 fully saturated rings. The first-order valence-electron chi connectivity index (χ1n) is 7.44. The monoisotopic (exact) mass is 277 g/mol. The lowest BCUT2D eigenvalue weighted by atomic mass is 9.93. The van der Waals surface area contributed by atoms with Crippen molar-refractivity contribution in [2.75, 3.05) is 20.3 Å². The summed E-state index contributed by atoms with van der Waals surface area (Å²) in [5, 5.41) is 3.60. The molecular formula is C17H27NO2. The maximum Gasteiger partial charge on any atom is 0.0866 e. The van der Waals surface area contributed by atoms with Gasteiger partial charge in [-0.3, -0.25) is 0 Å². The lowest BCUT2D eigenvalue weighted by Gasteiger charge is -2.26. The van der Waals surface area contributed by atoms with E-state index < -0.39 is 0 Å². The van der Waals surface area contributed by atoms with Gasteiger partial charge in [-0.2, -0.15) is 0 Å². The molecule has 0 amide bonds. The SMILES string of the molecule is COCc1ccc(C2OCCC2CNC(C)(C)C)cc1. The minimum atomic E-state index is 0.162. The highest BCUT2D eigenvalue weighted by Crippen LogP contribution is 2.34. The molecule has 1 N–H and O–H groups in total. The molecule has 0 aromatic heterocycles. The summed E-state index contributed by atoms with van der Waals surface area (Å²) in [4.78, 5) is 0. The van der Waals surface area contributed by atoms with Crippen molar-refractivity contribution in [1.82, 2.24) is 5.32 Å². The molecule has 2 atom stereocenters. The van der Waals surface area contributed by atoms with Gasteiger partial charge in [-0.15, -0.1) is 0 Å². The van der Waals surface area contributed by atoms with Gasteiger partial charge in [0.1, 0.15) is 0 Å². The summed E-state index contributed by atoms with van der Waals surface area (Å²) in [6.45, 7) is 9.15. The molecule has 0 aliphatic carbocycles. The molecule has 20 heavy (non-hydrogen) atoms. The van der Waals surface area contributed by atoms with E-state index in [4.69, 9.17) is 9.47 Å². The Bertz CT molecular complexity index is 408. The van der Waals surface area contributed by atoms with Crippen LogP contribution in [0.5, 0.6) is 0 Å². The van der Waals surface area contributed by atoms with Gasteiger partial charge in [0.25, 0.3) is 0 Å². The zero-order chi connectivity index (χ0) is 14.6. The molecule has 112 valence electrons. The van der Waals surface area contributed by atoms with E-state index in [1.54, 1.807) is 7.11 Å². The summed E-state index contributed by atoms with van der Waals surface area (Å²) >= 11 is 0. The van der Waals surface area contributed by atoms with Gasteiger partial charge in [-0.25, -0.2) is 0 Å². The molecule has 1 aromatic carbocycles. The van der Waals surface area contributed by atoms with Crippen LogP contribution in [0.2, 0.25) is 0 Å². The number of benzene rings is 1. The summed E-state index contributed by atoms with van der Waals surface area (Å²) in [5.41, 5.74) is 2.65. The Hall–Kier alpha value is -0.900. The summed E-state index contributed by atoms with van der Waals surface area (Å²) in [6, 6.07) is 8.62. The lowest BCUT2D eigenvalue weighted by Crippen LogP contribution is -2.39. The molecule has 0 saturated carbocycles. The minimum absolute atomic E-state index is 0.162. The van der Waals surface area contributed by atoms with Gasteiger partial charge in [-0.1, -0.05) is 24.3 Å². The van der Waals surface area contributed by atoms with E-state index >= 15 is 0 Å². The van der Waals surface area contributed by atoms with E-state index in [0.29, 0.717) is 12.5 Å². The molecule has 1 saturated heterocycles. The molecule has 0 radical (unpaired) electrons. The highest BCUT2D eigenvalue weighted by Gasteiger charge is 2.30. The summed E-state index contributed by atoms with van der Waals surface area (Å²) in [5.74, 6) is 0.558. The van der Waals surface area contributed by atoms with Crippen LogP contribution in [-0.4, -0.2) is 25.8 Å². The molecule has 3 nitrogen and oxygen atoms in total. The van der Waals surface area contributed by atoms with Gasteiger partial charge in [-0.05, 0) is 38.3 Å². The molecule has 1 aliphatic rings. The molecule has 1 aliphatic heterocycles. The van der Waals surface area contributed by atoms with Crippen LogP contribution < -0.4 is 5.32 Å². The van der Waals surface area contributed by atoms with Crippen molar-refractivity contribution in [1.29, 1.82) is 0 Å². The largest absolute Gasteiger partial charge is 0.380 e. The number of hydrogen-bond donors (Lipinski definition) is 1. The highest BCUT2D eigenvalue weighted by atomic mass is 16.5. The van der Waals surface area contributed by atoms with Crippen LogP contribution in [0.4, 0.5) is 0 Å². The van der Waals surface area contributed by atoms with Crippen LogP contribution >= 0.6 is 0 Å². The maximum absolute atomic E-state index is 5.95. The standard InChI is InChI=1S/C17H27NO2/c1-17(2,3)18-11-15-9-10-20-16(15)14-7-5-13(6-8-14)12-19-4/h5-8,15-16,18H,9-12H2,1-4H3. The van der Waals surface area contributed by atoms with Gasteiger partial charge in [0.15, 0.2) is 0 Å². The fourth-order valence-electron chi connectivity index (χ4n) is 2.62. The fourth-order valence-corrected chi connectivity index (χ4v) is 2.62. The van der Waals surface area contributed by atoms with Gasteiger partial charge >= 0.3 is 0 Å². The van der Waals surface area contributed by atoms with E-state index in [-0.39, 0.29) is 11.6 Å². The van der Waals surface area contributed by atoms with Crippen LogP contribution in [0.3, 0.4) is 0 Å². The fraction of sp³-hybridized carbons (Fsp3) is 0.647. The van der Waals surface area contributed by atoms with Crippen molar-refractivity contribution < 1.29 is 9.47 Å². The van der Waals surface area contributed by atoms with Crippen LogP contribution in [0, 0.1) is 5.92 Å². The molecular weight excluding hydrogens is 250 g/mol. The van der Waals surface area contributed by atoms with Crippen molar-refractivity contribution in [2.24, 2.45) is 5.92 Å².